The fourth-order valence-electron chi connectivity index (χ4n) is 4.61. The van der Waals surface area contributed by atoms with Crippen LogP contribution in [0, 0.1) is 5.92 Å². The maximum absolute atomic E-state index is 4.78. The number of aromatic nitrogens is 2. The summed E-state index contributed by atoms with van der Waals surface area (Å²) < 4.78 is 1.31. The summed E-state index contributed by atoms with van der Waals surface area (Å²) in [6.07, 6.45) is 4.90. The molecule has 3 heterocycles. The van der Waals surface area contributed by atoms with Crippen molar-refractivity contribution in [3.8, 4) is 22.4 Å². The van der Waals surface area contributed by atoms with Crippen molar-refractivity contribution in [1.82, 2.24) is 9.97 Å². The molecule has 0 saturated carbocycles. The lowest BCUT2D eigenvalue weighted by Gasteiger charge is -2.22. The van der Waals surface area contributed by atoms with Gasteiger partial charge in [-0.05, 0) is 75.4 Å². The number of rotatable bonds is 4. The van der Waals surface area contributed by atoms with E-state index in [4.69, 9.17) is 4.98 Å². The van der Waals surface area contributed by atoms with Crippen LogP contribution < -0.4 is 0 Å². The Bertz CT molecular complexity index is 1450. The van der Waals surface area contributed by atoms with Gasteiger partial charge < -0.3 is 0 Å². The number of thiophene rings is 1. The van der Waals surface area contributed by atoms with Crippen LogP contribution in [-0.2, 0) is 11.8 Å². The van der Waals surface area contributed by atoms with Crippen LogP contribution in [0.25, 0.3) is 43.2 Å². The summed E-state index contributed by atoms with van der Waals surface area (Å²) >= 11 is 1.80. The van der Waals surface area contributed by atoms with E-state index in [1.54, 1.807) is 11.3 Å². The summed E-state index contributed by atoms with van der Waals surface area (Å²) in [6, 6.07) is 19.8. The highest BCUT2D eigenvalue weighted by atomic mass is 32.1. The van der Waals surface area contributed by atoms with E-state index < -0.39 is 0 Å². The molecule has 0 fully saturated rings. The highest BCUT2D eigenvalue weighted by Gasteiger charge is 2.19. The first-order valence-electron chi connectivity index (χ1n) is 11.7. The largest absolute Gasteiger partial charge is 0.260 e. The number of pyridine rings is 2. The maximum Gasteiger partial charge on any atom is 0.0708 e. The third-order valence-corrected chi connectivity index (χ3v) is 7.25. The average Bonchev–Trinajstić information content (AvgIpc) is 3.23. The van der Waals surface area contributed by atoms with Gasteiger partial charge in [0.25, 0.3) is 0 Å². The van der Waals surface area contributed by atoms with Gasteiger partial charge in [0.1, 0.15) is 0 Å². The zero-order valence-corrected chi connectivity index (χ0v) is 20.8. The molecule has 0 bridgehead atoms. The summed E-state index contributed by atoms with van der Waals surface area (Å²) in [5.41, 5.74) is 7.27. The first kappa shape index (κ1) is 21.8. The molecule has 0 aliphatic heterocycles. The molecule has 0 amide bonds. The fourth-order valence-corrected chi connectivity index (χ4v) is 5.68. The molecule has 2 nitrogen and oxygen atoms in total. The van der Waals surface area contributed by atoms with Crippen molar-refractivity contribution in [3.63, 3.8) is 0 Å². The molecule has 3 heteroatoms. The standard InChI is InChI=1S/C30H30N2S/c1-19(2)14-28-29-24(11-13-32-28)25(18-33-29)21-10-12-31-27(17-21)22-15-20-8-6-7-9-23(20)26(16-22)30(3,4)5/h6-13,15-19H,14H2,1-5H3. The minimum absolute atomic E-state index is 0.0522. The molecule has 5 aromatic rings. The summed E-state index contributed by atoms with van der Waals surface area (Å²) in [7, 11) is 0. The predicted molar refractivity (Wildman–Crippen MR) is 143 cm³/mol. The Morgan fingerprint density at radius 1 is 0.848 bits per heavy atom. The van der Waals surface area contributed by atoms with E-state index in [0.717, 1.165) is 12.1 Å². The Hall–Kier alpha value is -3.04. The monoisotopic (exact) mass is 450 g/mol. The molecule has 33 heavy (non-hydrogen) atoms. The van der Waals surface area contributed by atoms with Crippen LogP contribution in [0.3, 0.4) is 0 Å². The first-order valence-corrected chi connectivity index (χ1v) is 12.5. The van der Waals surface area contributed by atoms with Crippen molar-refractivity contribution < 1.29 is 0 Å². The number of hydrogen-bond acceptors (Lipinski definition) is 3. The number of fused-ring (bicyclic) bond motifs is 2. The summed E-state index contributed by atoms with van der Waals surface area (Å²) in [4.78, 5) is 9.46. The van der Waals surface area contributed by atoms with E-state index >= 15 is 0 Å². The lowest BCUT2D eigenvalue weighted by molar-refractivity contribution is 0.596. The van der Waals surface area contributed by atoms with E-state index in [-0.39, 0.29) is 5.41 Å². The molecule has 5 rings (SSSR count). The van der Waals surface area contributed by atoms with Gasteiger partial charge in [-0.1, -0.05) is 58.9 Å². The van der Waals surface area contributed by atoms with E-state index in [1.807, 2.05) is 12.4 Å². The van der Waals surface area contributed by atoms with Crippen molar-refractivity contribution in [2.45, 2.75) is 46.5 Å². The Balaban J connectivity index is 1.64. The second-order valence-corrected chi connectivity index (χ2v) is 11.2. The molecule has 0 unspecified atom stereocenters. The lowest BCUT2D eigenvalue weighted by Crippen LogP contribution is -2.12. The van der Waals surface area contributed by atoms with Crippen LogP contribution in [0.1, 0.15) is 45.9 Å². The maximum atomic E-state index is 4.78. The molecule has 0 atom stereocenters. The Labute approximate surface area is 200 Å². The predicted octanol–water partition coefficient (Wildman–Crippen LogP) is 8.67. The van der Waals surface area contributed by atoms with Crippen LogP contribution in [0.5, 0.6) is 0 Å². The van der Waals surface area contributed by atoms with Gasteiger partial charge in [-0.3, -0.25) is 9.97 Å². The third-order valence-electron chi connectivity index (χ3n) is 6.20. The van der Waals surface area contributed by atoms with Crippen LogP contribution >= 0.6 is 11.3 Å². The molecule has 0 aliphatic carbocycles. The number of hydrogen-bond donors (Lipinski definition) is 0. The number of nitrogens with zero attached hydrogens (tertiary/aromatic N) is 2. The van der Waals surface area contributed by atoms with E-state index in [9.17, 15) is 0 Å². The van der Waals surface area contributed by atoms with E-state index in [2.05, 4.69) is 99.6 Å². The van der Waals surface area contributed by atoms with Gasteiger partial charge >= 0.3 is 0 Å². The first-order chi connectivity index (χ1) is 15.8. The topological polar surface area (TPSA) is 25.8 Å². The molecule has 0 aliphatic rings. The highest BCUT2D eigenvalue weighted by molar-refractivity contribution is 7.18. The molecule has 0 saturated heterocycles. The van der Waals surface area contributed by atoms with Gasteiger partial charge in [0, 0.05) is 28.9 Å². The van der Waals surface area contributed by atoms with Crippen LogP contribution in [0.4, 0.5) is 0 Å². The number of benzene rings is 2. The molecule has 0 spiro atoms. The van der Waals surface area contributed by atoms with Crippen molar-refractivity contribution in [2.75, 3.05) is 0 Å². The molecule has 166 valence electrons. The second kappa shape index (κ2) is 8.39. The van der Waals surface area contributed by atoms with Gasteiger partial charge in [-0.25, -0.2) is 0 Å². The van der Waals surface area contributed by atoms with Gasteiger partial charge in [-0.2, -0.15) is 0 Å². The van der Waals surface area contributed by atoms with Crippen LogP contribution in [0.2, 0.25) is 0 Å². The Morgan fingerprint density at radius 2 is 1.64 bits per heavy atom. The van der Waals surface area contributed by atoms with Gasteiger partial charge in [0.05, 0.1) is 16.1 Å². The summed E-state index contributed by atoms with van der Waals surface area (Å²) in [5.74, 6) is 0.589. The smallest absolute Gasteiger partial charge is 0.0708 e. The second-order valence-electron chi connectivity index (χ2n) is 10.3. The third kappa shape index (κ3) is 4.18. The lowest BCUT2D eigenvalue weighted by atomic mass is 9.82. The molecule has 0 radical (unpaired) electrons. The minimum atomic E-state index is 0.0522. The summed E-state index contributed by atoms with van der Waals surface area (Å²) in [5, 5.41) is 6.14. The summed E-state index contributed by atoms with van der Waals surface area (Å²) in [6.45, 7) is 11.3. The Morgan fingerprint density at radius 3 is 2.42 bits per heavy atom. The van der Waals surface area contributed by atoms with E-state index in [1.165, 1.54) is 48.8 Å². The zero-order chi connectivity index (χ0) is 23.2. The molecular formula is C30H30N2S. The molecular weight excluding hydrogens is 420 g/mol. The van der Waals surface area contributed by atoms with Crippen molar-refractivity contribution in [1.29, 1.82) is 0 Å². The van der Waals surface area contributed by atoms with Gasteiger partial charge in [0.2, 0.25) is 0 Å². The SMILES string of the molecule is CC(C)Cc1nccc2c(-c3ccnc(-c4cc(C(C)(C)C)c5ccccc5c4)c3)csc12. The fraction of sp³-hybridized carbons (Fsp3) is 0.267. The molecule has 0 N–H and O–H groups in total. The van der Waals surface area contributed by atoms with Gasteiger partial charge in [-0.15, -0.1) is 11.3 Å². The van der Waals surface area contributed by atoms with Crippen molar-refractivity contribution in [2.24, 2.45) is 5.92 Å². The normalized spacial score (nSPS) is 12.2. The highest BCUT2D eigenvalue weighted by Crippen LogP contribution is 2.38. The van der Waals surface area contributed by atoms with E-state index in [0.29, 0.717) is 5.92 Å². The zero-order valence-electron chi connectivity index (χ0n) is 20.0. The van der Waals surface area contributed by atoms with Crippen LogP contribution in [0.15, 0.2) is 72.4 Å². The Kier molecular flexibility index (Phi) is 5.54. The van der Waals surface area contributed by atoms with Crippen molar-refractivity contribution >= 4 is 32.2 Å². The van der Waals surface area contributed by atoms with Crippen LogP contribution in [-0.4, -0.2) is 9.97 Å². The molecule has 2 aromatic carbocycles. The van der Waals surface area contributed by atoms with Crippen molar-refractivity contribution in [3.05, 3.63) is 83.6 Å². The quantitative estimate of drug-likeness (QED) is 0.274. The molecule has 3 aromatic heterocycles. The minimum Gasteiger partial charge on any atom is -0.260 e. The van der Waals surface area contributed by atoms with Gasteiger partial charge in [0.15, 0.2) is 0 Å². The average molecular weight is 451 g/mol.